The Morgan fingerprint density at radius 1 is 1.12 bits per heavy atom. The number of hydrogen-bond donors (Lipinski definition) is 1. The van der Waals surface area contributed by atoms with Gasteiger partial charge in [0.15, 0.2) is 0 Å². The van der Waals surface area contributed by atoms with Crippen molar-refractivity contribution in [1.29, 1.82) is 0 Å². The van der Waals surface area contributed by atoms with E-state index in [0.29, 0.717) is 0 Å². The van der Waals surface area contributed by atoms with Gasteiger partial charge in [-0.2, -0.15) is 0 Å². The first-order valence-electron chi connectivity index (χ1n) is 6.50. The van der Waals surface area contributed by atoms with Crippen molar-refractivity contribution in [2.45, 2.75) is 61.0 Å². The lowest BCUT2D eigenvalue weighted by atomic mass is 9.61. The van der Waals surface area contributed by atoms with Gasteiger partial charge in [0.2, 0.25) is 0 Å². The molecule has 1 aliphatic rings. The van der Waals surface area contributed by atoms with Gasteiger partial charge in [0.05, 0.1) is 5.60 Å². The largest absolute Gasteiger partial charge is 0.385 e. The van der Waals surface area contributed by atoms with Gasteiger partial charge in [-0.1, -0.05) is 59.3 Å². The predicted octanol–water partition coefficient (Wildman–Crippen LogP) is 4.33. The van der Waals surface area contributed by atoms with E-state index in [1.54, 1.807) is 0 Å². The van der Waals surface area contributed by atoms with Gasteiger partial charge in [-0.25, -0.2) is 0 Å². The van der Waals surface area contributed by atoms with Crippen LogP contribution in [0.3, 0.4) is 0 Å². The molecule has 0 aromatic heterocycles. The van der Waals surface area contributed by atoms with Crippen molar-refractivity contribution in [3.63, 3.8) is 0 Å². The van der Waals surface area contributed by atoms with Crippen LogP contribution in [0.2, 0.25) is 0 Å². The van der Waals surface area contributed by atoms with E-state index in [2.05, 4.69) is 60.6 Å². The fourth-order valence-electron chi connectivity index (χ4n) is 3.08. The Morgan fingerprint density at radius 2 is 1.59 bits per heavy atom. The second-order valence-electron chi connectivity index (χ2n) is 7.71. The van der Waals surface area contributed by atoms with E-state index in [9.17, 15) is 5.11 Å². The third-order valence-electron chi connectivity index (χ3n) is 3.69. The van der Waals surface area contributed by atoms with Gasteiger partial charge in [-0.3, -0.25) is 0 Å². The van der Waals surface area contributed by atoms with Crippen molar-refractivity contribution < 1.29 is 5.11 Å². The second kappa shape index (κ2) is 3.98. The van der Waals surface area contributed by atoms with Gasteiger partial charge in [-0.05, 0) is 30.3 Å². The third-order valence-corrected chi connectivity index (χ3v) is 3.69. The molecule has 0 heterocycles. The van der Waals surface area contributed by atoms with Crippen molar-refractivity contribution in [3.05, 3.63) is 23.3 Å². The molecule has 0 bridgehead atoms. The molecule has 0 radical (unpaired) electrons. The highest BCUT2D eigenvalue weighted by atomic mass is 16.3. The molecule has 0 aromatic rings. The summed E-state index contributed by atoms with van der Waals surface area (Å²) < 4.78 is 0. The normalized spacial score (nSPS) is 31.0. The van der Waals surface area contributed by atoms with Gasteiger partial charge in [0.25, 0.3) is 0 Å². The smallest absolute Gasteiger partial charge is 0.0904 e. The summed E-state index contributed by atoms with van der Waals surface area (Å²) in [6.45, 7) is 17.2. The average molecular weight is 236 g/mol. The van der Waals surface area contributed by atoms with Gasteiger partial charge >= 0.3 is 0 Å². The summed E-state index contributed by atoms with van der Waals surface area (Å²) in [5, 5.41) is 11.0. The fourth-order valence-corrected chi connectivity index (χ4v) is 3.08. The number of hydrogen-bond acceptors (Lipinski definition) is 1. The summed E-state index contributed by atoms with van der Waals surface area (Å²) >= 11 is 0. The zero-order valence-corrected chi connectivity index (χ0v) is 12.7. The average Bonchev–Trinajstić information content (AvgIpc) is 2.04. The van der Waals surface area contributed by atoms with Crippen molar-refractivity contribution in [3.8, 4) is 0 Å². The summed E-state index contributed by atoms with van der Waals surface area (Å²) in [6, 6.07) is 0. The summed E-state index contributed by atoms with van der Waals surface area (Å²) in [5.74, 6) is 0.161. The maximum atomic E-state index is 11.0. The van der Waals surface area contributed by atoms with Crippen molar-refractivity contribution in [1.82, 2.24) is 0 Å². The van der Waals surface area contributed by atoms with E-state index in [1.807, 2.05) is 6.92 Å². The highest BCUT2D eigenvalue weighted by Gasteiger charge is 2.45. The summed E-state index contributed by atoms with van der Waals surface area (Å²) in [5.41, 5.74) is 1.72. The Kier molecular flexibility index (Phi) is 3.40. The molecule has 0 aromatic carbocycles. The molecule has 98 valence electrons. The Hall–Kier alpha value is -0.560. The van der Waals surface area contributed by atoms with E-state index < -0.39 is 5.60 Å². The topological polar surface area (TPSA) is 20.2 Å². The molecule has 2 unspecified atom stereocenters. The molecule has 0 saturated heterocycles. The van der Waals surface area contributed by atoms with Crippen LogP contribution in [0.25, 0.3) is 0 Å². The highest BCUT2D eigenvalue weighted by molar-refractivity contribution is 5.39. The first-order valence-corrected chi connectivity index (χ1v) is 6.50. The molecule has 1 nitrogen and oxygen atoms in total. The van der Waals surface area contributed by atoms with Crippen molar-refractivity contribution in [2.24, 2.45) is 16.7 Å². The lowest BCUT2D eigenvalue weighted by Gasteiger charge is -2.47. The Morgan fingerprint density at radius 3 is 1.94 bits per heavy atom. The van der Waals surface area contributed by atoms with Crippen LogP contribution in [0.15, 0.2) is 23.3 Å². The predicted molar refractivity (Wildman–Crippen MR) is 74.9 cm³/mol. The zero-order valence-electron chi connectivity index (χ0n) is 12.7. The van der Waals surface area contributed by atoms with E-state index in [1.165, 1.54) is 5.57 Å². The summed E-state index contributed by atoms with van der Waals surface area (Å²) in [4.78, 5) is 0. The zero-order chi connectivity index (χ0) is 13.6. The monoisotopic (exact) mass is 236 g/mol. The molecule has 17 heavy (non-hydrogen) atoms. The van der Waals surface area contributed by atoms with Crippen molar-refractivity contribution in [2.75, 3.05) is 0 Å². The minimum Gasteiger partial charge on any atom is -0.385 e. The molecule has 0 amide bonds. The first-order chi connectivity index (χ1) is 7.37. The Bertz CT molecular complexity index is 356. The molecule has 1 aliphatic carbocycles. The second-order valence-corrected chi connectivity index (χ2v) is 7.71. The number of allylic oxidation sites excluding steroid dienone is 2. The highest BCUT2D eigenvalue weighted by Crippen LogP contribution is 2.48. The lowest BCUT2D eigenvalue weighted by Crippen LogP contribution is -2.47. The van der Waals surface area contributed by atoms with Crippen LogP contribution in [0.1, 0.15) is 55.4 Å². The molecule has 1 N–H and O–H groups in total. The standard InChI is InChI=1S/C16H28O/c1-11-9-12(14(2,3)4)16(8,17)13(10-11)15(5,6)7/h9-10,12,17H,1-8H3. The molecule has 0 aliphatic heterocycles. The van der Waals surface area contributed by atoms with Gasteiger partial charge in [0.1, 0.15) is 0 Å². The molecular weight excluding hydrogens is 208 g/mol. The van der Waals surface area contributed by atoms with Crippen LogP contribution < -0.4 is 0 Å². The summed E-state index contributed by atoms with van der Waals surface area (Å²) in [7, 11) is 0. The molecule has 2 atom stereocenters. The van der Waals surface area contributed by atoms with E-state index in [0.717, 1.165) is 5.57 Å². The van der Waals surface area contributed by atoms with Crippen LogP contribution in [0.4, 0.5) is 0 Å². The quantitative estimate of drug-likeness (QED) is 0.663. The molecule has 0 spiro atoms. The van der Waals surface area contributed by atoms with Gasteiger partial charge in [0, 0.05) is 5.92 Å². The molecular formula is C16H28O. The van der Waals surface area contributed by atoms with Crippen LogP contribution in [-0.4, -0.2) is 10.7 Å². The van der Waals surface area contributed by atoms with Crippen LogP contribution in [-0.2, 0) is 0 Å². The summed E-state index contributed by atoms with van der Waals surface area (Å²) in [6.07, 6.45) is 4.37. The van der Waals surface area contributed by atoms with Crippen LogP contribution in [0.5, 0.6) is 0 Å². The first kappa shape index (κ1) is 14.5. The lowest BCUT2D eigenvalue weighted by molar-refractivity contribution is -0.00807. The van der Waals surface area contributed by atoms with E-state index in [-0.39, 0.29) is 16.7 Å². The van der Waals surface area contributed by atoms with E-state index in [4.69, 9.17) is 0 Å². The number of aliphatic hydroxyl groups is 1. The van der Waals surface area contributed by atoms with Crippen LogP contribution in [0, 0.1) is 16.7 Å². The molecule has 1 rings (SSSR count). The Balaban J connectivity index is 3.32. The van der Waals surface area contributed by atoms with Crippen LogP contribution >= 0.6 is 0 Å². The van der Waals surface area contributed by atoms with Gasteiger partial charge < -0.3 is 5.11 Å². The molecule has 0 saturated carbocycles. The third kappa shape index (κ3) is 2.82. The molecule has 1 heteroatoms. The maximum absolute atomic E-state index is 11.0. The molecule has 0 fully saturated rings. The minimum atomic E-state index is -0.754. The Labute approximate surface area is 107 Å². The van der Waals surface area contributed by atoms with Crippen molar-refractivity contribution >= 4 is 0 Å². The minimum absolute atomic E-state index is 0.00250. The van der Waals surface area contributed by atoms with E-state index >= 15 is 0 Å². The fraction of sp³-hybridized carbons (Fsp3) is 0.750. The number of rotatable bonds is 0. The van der Waals surface area contributed by atoms with Gasteiger partial charge in [-0.15, -0.1) is 0 Å². The SMILES string of the molecule is CC1=CC(C(C)(C)C)C(C)(O)C(C(C)(C)C)=C1. The maximum Gasteiger partial charge on any atom is 0.0904 e.